The lowest BCUT2D eigenvalue weighted by atomic mass is 9.96. The number of benzene rings is 3. The van der Waals surface area contributed by atoms with Gasteiger partial charge in [-0.1, -0.05) is 43.3 Å². The first kappa shape index (κ1) is 21.1. The number of methoxy groups -OCH3 is 1. The van der Waals surface area contributed by atoms with Gasteiger partial charge in [0, 0.05) is 49.4 Å². The van der Waals surface area contributed by atoms with E-state index in [-0.39, 0.29) is 5.78 Å². The smallest absolute Gasteiger partial charge is 0.167 e. The summed E-state index contributed by atoms with van der Waals surface area (Å²) >= 11 is 0. The van der Waals surface area contributed by atoms with E-state index in [0.29, 0.717) is 6.42 Å². The second-order valence-electron chi connectivity index (χ2n) is 7.93. The van der Waals surface area contributed by atoms with Gasteiger partial charge in [0.15, 0.2) is 5.78 Å². The minimum Gasteiger partial charge on any atom is -0.496 e. The maximum atomic E-state index is 13.1. The summed E-state index contributed by atoms with van der Waals surface area (Å²) in [7, 11) is 1.68. The number of carbonyl (C=O) groups excluding carboxylic acids is 1. The van der Waals surface area contributed by atoms with Crippen LogP contribution in [0.4, 0.5) is 5.69 Å². The Morgan fingerprint density at radius 2 is 1.77 bits per heavy atom. The molecule has 0 aromatic heterocycles. The van der Waals surface area contributed by atoms with E-state index in [0.717, 1.165) is 60.6 Å². The van der Waals surface area contributed by atoms with Crippen molar-refractivity contribution in [3.63, 3.8) is 0 Å². The highest BCUT2D eigenvalue weighted by Crippen LogP contribution is 2.31. The third kappa shape index (κ3) is 4.80. The molecule has 4 rings (SSSR count). The average Bonchev–Trinajstić information content (AvgIpc) is 2.84. The summed E-state index contributed by atoms with van der Waals surface area (Å²) in [6, 6.07) is 22.4. The second kappa shape index (κ2) is 9.80. The van der Waals surface area contributed by atoms with Gasteiger partial charge in [-0.05, 0) is 53.4 Å². The van der Waals surface area contributed by atoms with E-state index < -0.39 is 0 Å². The fourth-order valence-corrected chi connectivity index (χ4v) is 4.25. The van der Waals surface area contributed by atoms with Crippen molar-refractivity contribution in [2.24, 2.45) is 0 Å². The van der Waals surface area contributed by atoms with E-state index in [2.05, 4.69) is 47.5 Å². The molecule has 0 saturated carbocycles. The topological polar surface area (TPSA) is 41.6 Å². The number of hydrogen-bond acceptors (Lipinski definition) is 4. The monoisotopic (exact) mass is 414 g/mol. The number of nitrogens with zero attached hydrogens (tertiary/aromatic N) is 1. The minimum atomic E-state index is 0.144. The number of aryl methyl sites for hydroxylation is 1. The molecule has 1 aliphatic rings. The number of rotatable bonds is 7. The highest BCUT2D eigenvalue weighted by Gasteiger charge is 2.16. The average molecular weight is 415 g/mol. The number of ketones is 1. The van der Waals surface area contributed by atoms with Gasteiger partial charge in [-0.25, -0.2) is 0 Å². The molecule has 4 nitrogen and oxygen atoms in total. The molecule has 3 aromatic carbocycles. The Labute approximate surface area is 184 Å². The molecule has 0 radical (unpaired) electrons. The van der Waals surface area contributed by atoms with E-state index in [1.165, 1.54) is 11.3 Å². The number of piperazine rings is 1. The van der Waals surface area contributed by atoms with Gasteiger partial charge in [0.2, 0.25) is 0 Å². The number of anilines is 1. The first-order valence-corrected chi connectivity index (χ1v) is 11.0. The molecule has 0 atom stereocenters. The zero-order chi connectivity index (χ0) is 21.6. The van der Waals surface area contributed by atoms with Crippen LogP contribution in [0.3, 0.4) is 0 Å². The van der Waals surface area contributed by atoms with Gasteiger partial charge in [0.1, 0.15) is 5.75 Å². The van der Waals surface area contributed by atoms with E-state index in [1.54, 1.807) is 7.11 Å². The molecular weight excluding hydrogens is 384 g/mol. The summed E-state index contributed by atoms with van der Waals surface area (Å²) in [5, 5.41) is 3.40. The number of hydrogen-bond donors (Lipinski definition) is 1. The lowest BCUT2D eigenvalue weighted by Crippen LogP contribution is -2.43. The molecule has 0 bridgehead atoms. The maximum Gasteiger partial charge on any atom is 0.167 e. The Hall–Kier alpha value is -3.11. The van der Waals surface area contributed by atoms with E-state index in [4.69, 9.17) is 4.74 Å². The number of Topliss-reactive ketones (excluding diaryl/α,β-unsaturated/α-hetero) is 1. The second-order valence-corrected chi connectivity index (χ2v) is 7.93. The predicted octanol–water partition coefficient (Wildman–Crippen LogP) is 4.76. The quantitative estimate of drug-likeness (QED) is 0.566. The lowest BCUT2D eigenvalue weighted by Gasteiger charge is -2.31. The van der Waals surface area contributed by atoms with Crippen molar-refractivity contribution in [2.45, 2.75) is 19.8 Å². The van der Waals surface area contributed by atoms with E-state index in [9.17, 15) is 4.79 Å². The summed E-state index contributed by atoms with van der Waals surface area (Å²) in [6.07, 6.45) is 1.29. The van der Waals surface area contributed by atoms with Crippen molar-refractivity contribution in [1.82, 2.24) is 5.32 Å². The summed E-state index contributed by atoms with van der Waals surface area (Å²) in [5.74, 6) is 0.960. The molecule has 0 unspecified atom stereocenters. The Balaban J connectivity index is 1.57. The van der Waals surface area contributed by atoms with Gasteiger partial charge < -0.3 is 15.0 Å². The number of ether oxygens (including phenoxy) is 1. The van der Waals surface area contributed by atoms with E-state index in [1.807, 2.05) is 36.4 Å². The molecule has 0 amide bonds. The van der Waals surface area contributed by atoms with Crippen molar-refractivity contribution < 1.29 is 9.53 Å². The van der Waals surface area contributed by atoms with Crippen molar-refractivity contribution in [2.75, 3.05) is 38.2 Å². The van der Waals surface area contributed by atoms with Gasteiger partial charge in [-0.2, -0.15) is 0 Å². The van der Waals surface area contributed by atoms with Crippen LogP contribution in [0.5, 0.6) is 5.75 Å². The Morgan fingerprint density at radius 1 is 1.00 bits per heavy atom. The van der Waals surface area contributed by atoms with Crippen LogP contribution in [0.1, 0.15) is 28.4 Å². The van der Waals surface area contributed by atoms with Crippen LogP contribution in [0.2, 0.25) is 0 Å². The SMILES string of the molecule is CCc1cc(C(=O)Cc2ccc(OC)c(-c3ccccc3)c2)ccc1N1CCNCC1. The standard InChI is InChI=1S/C27H30N2O2/c1-3-21-19-23(10-11-25(21)29-15-13-28-14-16-29)26(30)18-20-9-12-27(31-2)24(17-20)22-7-5-4-6-8-22/h4-12,17,19,28H,3,13-16,18H2,1-2H3. The van der Waals surface area contributed by atoms with Gasteiger partial charge >= 0.3 is 0 Å². The summed E-state index contributed by atoms with van der Waals surface area (Å²) in [6.45, 7) is 6.18. The fourth-order valence-electron chi connectivity index (χ4n) is 4.25. The van der Waals surface area contributed by atoms with Crippen molar-refractivity contribution in [3.05, 3.63) is 83.4 Å². The molecule has 160 valence electrons. The van der Waals surface area contributed by atoms with Crippen LogP contribution in [0.15, 0.2) is 66.7 Å². The predicted molar refractivity (Wildman–Crippen MR) is 127 cm³/mol. The van der Waals surface area contributed by atoms with E-state index >= 15 is 0 Å². The molecule has 4 heteroatoms. The van der Waals surface area contributed by atoms with Gasteiger partial charge in [0.05, 0.1) is 7.11 Å². The Bertz CT molecular complexity index is 1040. The molecule has 31 heavy (non-hydrogen) atoms. The highest BCUT2D eigenvalue weighted by atomic mass is 16.5. The first-order chi connectivity index (χ1) is 15.2. The van der Waals surface area contributed by atoms with Crippen LogP contribution in [0.25, 0.3) is 11.1 Å². The summed E-state index contributed by atoms with van der Waals surface area (Å²) in [5.41, 5.74) is 6.38. The van der Waals surface area contributed by atoms with Crippen LogP contribution >= 0.6 is 0 Å². The largest absolute Gasteiger partial charge is 0.496 e. The van der Waals surface area contributed by atoms with Crippen molar-refractivity contribution >= 4 is 11.5 Å². The van der Waals surface area contributed by atoms with Crippen molar-refractivity contribution in [3.8, 4) is 16.9 Å². The molecular formula is C27H30N2O2. The zero-order valence-corrected chi connectivity index (χ0v) is 18.4. The number of carbonyl (C=O) groups is 1. The number of nitrogens with one attached hydrogen (secondary N) is 1. The fraction of sp³-hybridized carbons (Fsp3) is 0.296. The van der Waals surface area contributed by atoms with Crippen LogP contribution in [-0.4, -0.2) is 39.1 Å². The summed E-state index contributed by atoms with van der Waals surface area (Å²) in [4.78, 5) is 15.5. The Kier molecular flexibility index (Phi) is 6.68. The zero-order valence-electron chi connectivity index (χ0n) is 18.4. The van der Waals surface area contributed by atoms with Crippen molar-refractivity contribution in [1.29, 1.82) is 0 Å². The normalized spacial score (nSPS) is 13.8. The summed E-state index contributed by atoms with van der Waals surface area (Å²) < 4.78 is 5.55. The molecule has 1 heterocycles. The molecule has 0 spiro atoms. The lowest BCUT2D eigenvalue weighted by molar-refractivity contribution is 0.0993. The Morgan fingerprint density at radius 3 is 2.48 bits per heavy atom. The molecule has 0 aliphatic carbocycles. The van der Waals surface area contributed by atoms with Crippen LogP contribution < -0.4 is 15.0 Å². The maximum absolute atomic E-state index is 13.1. The van der Waals surface area contributed by atoms with Gasteiger partial charge in [-0.3, -0.25) is 4.79 Å². The first-order valence-electron chi connectivity index (χ1n) is 11.0. The van der Waals surface area contributed by atoms with Gasteiger partial charge in [-0.15, -0.1) is 0 Å². The third-order valence-electron chi connectivity index (χ3n) is 5.95. The molecule has 1 aliphatic heterocycles. The molecule has 1 N–H and O–H groups in total. The molecule has 1 fully saturated rings. The van der Waals surface area contributed by atoms with Gasteiger partial charge in [0.25, 0.3) is 0 Å². The van der Waals surface area contributed by atoms with Crippen LogP contribution in [-0.2, 0) is 12.8 Å². The minimum absolute atomic E-state index is 0.144. The van der Waals surface area contributed by atoms with Crippen LogP contribution in [0, 0.1) is 0 Å². The molecule has 3 aromatic rings. The molecule has 1 saturated heterocycles. The highest BCUT2D eigenvalue weighted by molar-refractivity contribution is 5.98. The third-order valence-corrected chi connectivity index (χ3v) is 5.95.